The summed E-state index contributed by atoms with van der Waals surface area (Å²) in [7, 11) is -2.47. The topological polar surface area (TPSA) is 205 Å². The van der Waals surface area contributed by atoms with Crippen LogP contribution in [-0.4, -0.2) is 99.0 Å². The van der Waals surface area contributed by atoms with Crippen molar-refractivity contribution in [3.05, 3.63) is 0 Å². The Morgan fingerprint density at radius 1 is 0.949 bits per heavy atom. The first-order chi connectivity index (χ1) is 18.0. The smallest absolute Gasteiger partial charge is 0.303 e. The molecule has 0 aromatic carbocycles. The lowest BCUT2D eigenvalue weighted by molar-refractivity contribution is -0.264. The number of ether oxygens (including phenoxy) is 2. The number of ketones is 2. The predicted octanol–water partition coefficient (Wildman–Crippen LogP) is 0.290. The zero-order valence-corrected chi connectivity index (χ0v) is 24.3. The van der Waals surface area contributed by atoms with Crippen LogP contribution in [0.3, 0.4) is 0 Å². The molecule has 0 aromatic rings. The van der Waals surface area contributed by atoms with Crippen LogP contribution in [0.1, 0.15) is 61.8 Å². The quantitative estimate of drug-likeness (QED) is 0.0657. The van der Waals surface area contributed by atoms with E-state index in [9.17, 15) is 34.0 Å². The van der Waals surface area contributed by atoms with Crippen LogP contribution in [0.25, 0.3) is 0 Å². The zero-order chi connectivity index (χ0) is 30.4. The molecule has 5 atom stereocenters. The van der Waals surface area contributed by atoms with Crippen LogP contribution in [0.15, 0.2) is 0 Å². The molecule has 0 spiro atoms. The summed E-state index contributed by atoms with van der Waals surface area (Å²) in [5.41, 5.74) is 0. The first kappa shape index (κ1) is 36.4. The lowest BCUT2D eigenvalue weighted by Gasteiger charge is -2.41. The van der Waals surface area contributed by atoms with Gasteiger partial charge in [-0.3, -0.25) is 28.8 Å². The third-order valence-corrected chi connectivity index (χ3v) is 5.84. The summed E-state index contributed by atoms with van der Waals surface area (Å²) in [5, 5.41) is 23.6. The number of esters is 2. The summed E-state index contributed by atoms with van der Waals surface area (Å²) in [6.07, 6.45) is -5.45. The van der Waals surface area contributed by atoms with E-state index in [0.717, 1.165) is 32.6 Å². The number of nitrogens with zero attached hydrogens (tertiary/aromatic N) is 3. The minimum Gasteiger partial charge on any atom is -0.456 e. The molecule has 0 bridgehead atoms. The van der Waals surface area contributed by atoms with E-state index in [1.165, 1.54) is 0 Å². The number of Topliss-reactive ketones (excluding diaryl/α,β-unsaturated/α-hetero) is 2. The number of nitriles is 1. The summed E-state index contributed by atoms with van der Waals surface area (Å²) in [6.45, 7) is 10.3. The van der Waals surface area contributed by atoms with E-state index in [-0.39, 0.29) is 25.1 Å². The third-order valence-electron chi connectivity index (χ3n) is 4.81. The molecular weight excluding hydrogens is 539 g/mol. The second-order valence-electron chi connectivity index (χ2n) is 8.92. The number of hydrogen-bond donors (Lipinski definition) is 3. The molecule has 0 aliphatic carbocycles. The molecule has 39 heavy (non-hydrogen) atoms. The van der Waals surface area contributed by atoms with Crippen molar-refractivity contribution in [2.24, 2.45) is 0 Å². The van der Waals surface area contributed by atoms with Crippen LogP contribution in [-0.2, 0) is 42.8 Å². The van der Waals surface area contributed by atoms with E-state index in [1.54, 1.807) is 32.7 Å². The van der Waals surface area contributed by atoms with Gasteiger partial charge < -0.3 is 29.3 Å². The highest BCUT2D eigenvalue weighted by Gasteiger charge is 2.45. The molecule has 1 unspecified atom stereocenters. The summed E-state index contributed by atoms with van der Waals surface area (Å²) in [4.78, 5) is 77.5. The molecule has 16 heteroatoms. The van der Waals surface area contributed by atoms with E-state index in [4.69, 9.17) is 24.1 Å². The molecule has 0 saturated heterocycles. The minimum absolute atomic E-state index is 0.00742. The van der Waals surface area contributed by atoms with Crippen molar-refractivity contribution in [3.8, 4) is 6.07 Å². The highest BCUT2D eigenvalue weighted by atomic mass is 31.2. The largest absolute Gasteiger partial charge is 0.456 e. The first-order valence-electron chi connectivity index (χ1n) is 12.1. The van der Waals surface area contributed by atoms with Gasteiger partial charge >= 0.3 is 11.9 Å². The Balaban J connectivity index is 6.36. The molecule has 3 N–H and O–H groups in total. The monoisotopic (exact) mass is 578 g/mol. The molecule has 0 aliphatic rings. The fourth-order valence-corrected chi connectivity index (χ4v) is 4.57. The van der Waals surface area contributed by atoms with Crippen molar-refractivity contribution < 1.29 is 52.8 Å². The standard InChI is InChI=1S/C23H39N4O11P/c1-13(2)26(14(3)4)27(39(34)36-11-9-10-24)35-12-19(32)22(37-17(7)30)23(38-18(8)31)20(25-16(6)29)21(33)15(5)28/h13-14,19-20,22-23,32,34H,9,11-12H2,1-8H3,(H,25,29)/t19-,20+,22-,23-,39?/m1/s1. The van der Waals surface area contributed by atoms with Gasteiger partial charge in [0.2, 0.25) is 11.7 Å². The number of hydrogen-bond acceptors (Lipinski definition) is 14. The Kier molecular flexibility index (Phi) is 16.7. The second-order valence-corrected chi connectivity index (χ2v) is 10.0. The third kappa shape index (κ3) is 12.9. The zero-order valence-electron chi connectivity index (χ0n) is 23.4. The van der Waals surface area contributed by atoms with Crippen LogP contribution in [0.2, 0.25) is 0 Å². The molecule has 1 amide bonds. The van der Waals surface area contributed by atoms with Crippen LogP contribution in [0.5, 0.6) is 0 Å². The maximum atomic E-state index is 12.6. The number of carbonyl (C=O) groups is 5. The normalized spacial score (nSPS) is 15.3. The fourth-order valence-electron chi connectivity index (χ4n) is 3.46. The molecule has 222 valence electrons. The van der Waals surface area contributed by atoms with Crippen molar-refractivity contribution in [1.82, 2.24) is 15.3 Å². The van der Waals surface area contributed by atoms with Gasteiger partial charge in [0.15, 0.2) is 18.0 Å². The second kappa shape index (κ2) is 17.9. The van der Waals surface area contributed by atoms with E-state index in [2.05, 4.69) is 5.32 Å². The van der Waals surface area contributed by atoms with E-state index in [1.807, 2.05) is 6.07 Å². The van der Waals surface area contributed by atoms with Gasteiger partial charge in [0.1, 0.15) is 18.8 Å². The van der Waals surface area contributed by atoms with Crippen molar-refractivity contribution >= 4 is 37.9 Å². The molecule has 15 nitrogen and oxygen atoms in total. The highest BCUT2D eigenvalue weighted by molar-refractivity contribution is 7.43. The Labute approximate surface area is 229 Å². The average molecular weight is 579 g/mol. The number of aliphatic hydroxyl groups is 1. The van der Waals surface area contributed by atoms with Gasteiger partial charge in [-0.15, -0.1) is 0 Å². The van der Waals surface area contributed by atoms with Crippen molar-refractivity contribution in [3.63, 3.8) is 0 Å². The highest BCUT2D eigenvalue weighted by Crippen LogP contribution is 2.40. The summed E-state index contributed by atoms with van der Waals surface area (Å²) in [5.74, 6) is -4.84. The lowest BCUT2D eigenvalue weighted by atomic mass is 9.95. The maximum Gasteiger partial charge on any atom is 0.303 e. The Bertz CT molecular complexity index is 888. The number of aliphatic hydroxyl groups excluding tert-OH is 1. The Hall–Kier alpha value is -2.57. The molecule has 0 rings (SSSR count). The predicted molar refractivity (Wildman–Crippen MR) is 136 cm³/mol. The minimum atomic E-state index is -2.47. The van der Waals surface area contributed by atoms with E-state index in [0.29, 0.717) is 0 Å². The molecule has 0 fully saturated rings. The van der Waals surface area contributed by atoms with Gasteiger partial charge in [-0.2, -0.15) is 5.26 Å². The van der Waals surface area contributed by atoms with Crippen LogP contribution >= 0.6 is 8.53 Å². The van der Waals surface area contributed by atoms with E-state index >= 15 is 0 Å². The van der Waals surface area contributed by atoms with Gasteiger partial charge in [0.05, 0.1) is 19.1 Å². The van der Waals surface area contributed by atoms with Gasteiger partial charge in [-0.25, -0.2) is 5.01 Å². The molecule has 0 heterocycles. The molecule has 0 aliphatic heterocycles. The molecule has 0 aromatic heterocycles. The van der Waals surface area contributed by atoms with Crippen LogP contribution in [0, 0.1) is 11.3 Å². The van der Waals surface area contributed by atoms with Crippen LogP contribution < -0.4 is 5.32 Å². The Morgan fingerprint density at radius 3 is 1.87 bits per heavy atom. The molecule has 0 saturated carbocycles. The average Bonchev–Trinajstić information content (AvgIpc) is 2.80. The summed E-state index contributed by atoms with van der Waals surface area (Å²) >= 11 is 0. The Morgan fingerprint density at radius 2 is 1.46 bits per heavy atom. The van der Waals surface area contributed by atoms with Gasteiger partial charge in [0, 0.05) is 39.8 Å². The van der Waals surface area contributed by atoms with Crippen LogP contribution in [0.4, 0.5) is 0 Å². The number of nitrogens with one attached hydrogen (secondary N) is 1. The fraction of sp³-hybridized carbons (Fsp3) is 0.739. The maximum absolute atomic E-state index is 12.6. The number of amides is 1. The molecule has 0 radical (unpaired) electrons. The number of rotatable bonds is 18. The summed E-state index contributed by atoms with van der Waals surface area (Å²) in [6, 6.07) is -0.404. The van der Waals surface area contributed by atoms with Gasteiger partial charge in [-0.1, -0.05) is 0 Å². The first-order valence-corrected chi connectivity index (χ1v) is 13.3. The van der Waals surface area contributed by atoms with Crippen molar-refractivity contribution in [1.29, 1.82) is 5.26 Å². The van der Waals surface area contributed by atoms with E-state index < -0.39 is 68.9 Å². The lowest BCUT2D eigenvalue weighted by Crippen LogP contribution is -2.60. The number of carbonyl (C=O) groups excluding carboxylic acids is 5. The van der Waals surface area contributed by atoms with Crippen molar-refractivity contribution in [2.75, 3.05) is 13.2 Å². The van der Waals surface area contributed by atoms with Gasteiger partial charge in [0.25, 0.3) is 8.53 Å². The molecular formula is C23H39N4O11P. The SMILES string of the molecule is CC(=O)N[C@@H](C(=O)C(C)=O)[C@@H](OC(C)=O)[C@H](OC(C)=O)[C@H](O)CON(N(C(C)C)C(C)C)P(O)OCCC#N. The summed E-state index contributed by atoms with van der Waals surface area (Å²) < 4.78 is 15.7. The van der Waals surface area contributed by atoms with Gasteiger partial charge in [-0.05, 0) is 32.6 Å². The number of hydrazine groups is 1. The van der Waals surface area contributed by atoms with Crippen molar-refractivity contribution in [2.45, 2.75) is 98.2 Å².